The third-order valence-corrected chi connectivity index (χ3v) is 3.06. The van der Waals surface area contributed by atoms with E-state index in [-0.39, 0.29) is 11.2 Å². The summed E-state index contributed by atoms with van der Waals surface area (Å²) in [5.74, 6) is -0.184. The summed E-state index contributed by atoms with van der Waals surface area (Å²) in [5, 5.41) is 3.43. The molecule has 1 aromatic carbocycles. The molecule has 0 amide bonds. The molecule has 88 valence electrons. The molecule has 1 aliphatic heterocycles. The molecule has 1 fully saturated rings. The molecule has 1 N–H and O–H groups in total. The van der Waals surface area contributed by atoms with Crippen molar-refractivity contribution in [2.45, 2.75) is 25.3 Å². The average molecular weight is 223 g/mol. The van der Waals surface area contributed by atoms with Crippen LogP contribution in [-0.4, -0.2) is 25.8 Å². The maximum atomic E-state index is 12.9. The molecule has 2 nitrogen and oxygen atoms in total. The lowest BCUT2D eigenvalue weighted by Gasteiger charge is -2.42. The molecule has 0 aromatic heterocycles. The highest BCUT2D eigenvalue weighted by atomic mass is 19.1. The van der Waals surface area contributed by atoms with E-state index >= 15 is 0 Å². The largest absolute Gasteiger partial charge is 0.379 e. The minimum Gasteiger partial charge on any atom is -0.379 e. The number of halogens is 1. The van der Waals surface area contributed by atoms with Crippen LogP contribution in [-0.2, 0) is 10.2 Å². The van der Waals surface area contributed by atoms with Crippen molar-refractivity contribution in [3.8, 4) is 0 Å². The van der Waals surface area contributed by atoms with E-state index in [4.69, 9.17) is 4.74 Å². The standard InChI is InChI=1S/C13H18FNO/c1-10(2)15-7-13(8-16-9-13)11-3-5-12(14)6-4-11/h3-6,10,15H,7-9H2,1-2H3. The molecule has 0 aliphatic carbocycles. The van der Waals surface area contributed by atoms with Gasteiger partial charge in [-0.25, -0.2) is 4.39 Å². The number of nitrogens with one attached hydrogen (secondary N) is 1. The maximum absolute atomic E-state index is 12.9. The van der Waals surface area contributed by atoms with Crippen LogP contribution in [0.5, 0.6) is 0 Å². The van der Waals surface area contributed by atoms with Crippen molar-refractivity contribution in [1.82, 2.24) is 5.32 Å². The van der Waals surface area contributed by atoms with Gasteiger partial charge < -0.3 is 10.1 Å². The molecule has 16 heavy (non-hydrogen) atoms. The summed E-state index contributed by atoms with van der Waals surface area (Å²) in [7, 11) is 0. The minimum absolute atomic E-state index is 0.0397. The second-order valence-electron chi connectivity index (χ2n) is 4.82. The number of hydrogen-bond acceptors (Lipinski definition) is 2. The third-order valence-electron chi connectivity index (χ3n) is 3.06. The summed E-state index contributed by atoms with van der Waals surface area (Å²) in [4.78, 5) is 0. The van der Waals surface area contributed by atoms with Crippen LogP contribution in [0.2, 0.25) is 0 Å². The lowest BCUT2D eigenvalue weighted by molar-refractivity contribution is -0.0597. The second-order valence-corrected chi connectivity index (χ2v) is 4.82. The van der Waals surface area contributed by atoms with Crippen molar-refractivity contribution >= 4 is 0 Å². The van der Waals surface area contributed by atoms with E-state index in [1.807, 2.05) is 12.1 Å². The van der Waals surface area contributed by atoms with E-state index in [1.54, 1.807) is 0 Å². The lowest BCUT2D eigenvalue weighted by Crippen LogP contribution is -2.54. The molecular formula is C13H18FNO. The van der Waals surface area contributed by atoms with Gasteiger partial charge in [0.1, 0.15) is 5.82 Å². The quantitative estimate of drug-likeness (QED) is 0.844. The van der Waals surface area contributed by atoms with Crippen LogP contribution in [0.1, 0.15) is 19.4 Å². The highest BCUT2D eigenvalue weighted by molar-refractivity contribution is 5.29. The molecule has 1 aromatic rings. The highest BCUT2D eigenvalue weighted by Gasteiger charge is 2.40. The summed E-state index contributed by atoms with van der Waals surface area (Å²) < 4.78 is 18.2. The van der Waals surface area contributed by atoms with Gasteiger partial charge in [-0.1, -0.05) is 26.0 Å². The Hall–Kier alpha value is -0.930. The van der Waals surface area contributed by atoms with E-state index in [2.05, 4.69) is 19.2 Å². The first-order valence-corrected chi connectivity index (χ1v) is 5.70. The van der Waals surface area contributed by atoms with Gasteiger partial charge in [-0.3, -0.25) is 0 Å². The number of rotatable bonds is 4. The zero-order chi connectivity index (χ0) is 11.6. The summed E-state index contributed by atoms with van der Waals surface area (Å²) in [6.45, 7) is 6.57. The van der Waals surface area contributed by atoms with Gasteiger partial charge in [0, 0.05) is 12.6 Å². The molecule has 0 atom stereocenters. The summed E-state index contributed by atoms with van der Waals surface area (Å²) in [6.07, 6.45) is 0. The van der Waals surface area contributed by atoms with Gasteiger partial charge in [-0.15, -0.1) is 0 Å². The minimum atomic E-state index is -0.184. The normalized spacial score (nSPS) is 18.5. The fourth-order valence-corrected chi connectivity index (χ4v) is 1.92. The van der Waals surface area contributed by atoms with Gasteiger partial charge in [0.05, 0.1) is 18.6 Å². The van der Waals surface area contributed by atoms with Gasteiger partial charge in [0.2, 0.25) is 0 Å². The molecule has 0 radical (unpaired) electrons. The van der Waals surface area contributed by atoms with Crippen LogP contribution in [0, 0.1) is 5.82 Å². The second kappa shape index (κ2) is 4.52. The zero-order valence-electron chi connectivity index (χ0n) is 9.79. The highest BCUT2D eigenvalue weighted by Crippen LogP contribution is 2.31. The topological polar surface area (TPSA) is 21.3 Å². The van der Waals surface area contributed by atoms with Gasteiger partial charge in [-0.05, 0) is 17.7 Å². The van der Waals surface area contributed by atoms with E-state index in [1.165, 1.54) is 12.1 Å². The Kier molecular flexibility index (Phi) is 3.26. The van der Waals surface area contributed by atoms with E-state index in [0.717, 1.165) is 25.3 Å². The molecule has 0 spiro atoms. The first-order chi connectivity index (χ1) is 7.62. The van der Waals surface area contributed by atoms with Crippen molar-refractivity contribution in [1.29, 1.82) is 0 Å². The predicted molar refractivity (Wildman–Crippen MR) is 62.0 cm³/mol. The first-order valence-electron chi connectivity index (χ1n) is 5.70. The molecule has 3 heteroatoms. The van der Waals surface area contributed by atoms with Crippen molar-refractivity contribution in [2.75, 3.05) is 19.8 Å². The van der Waals surface area contributed by atoms with Gasteiger partial charge in [0.25, 0.3) is 0 Å². The lowest BCUT2D eigenvalue weighted by atomic mass is 9.78. The molecule has 1 heterocycles. The number of ether oxygens (including phenoxy) is 1. The Balaban J connectivity index is 2.11. The maximum Gasteiger partial charge on any atom is 0.123 e. The Bertz CT molecular complexity index is 343. The molecule has 1 saturated heterocycles. The molecule has 0 saturated carbocycles. The van der Waals surface area contributed by atoms with Crippen molar-refractivity contribution in [2.24, 2.45) is 0 Å². The fraction of sp³-hybridized carbons (Fsp3) is 0.538. The Morgan fingerprint density at radius 3 is 2.38 bits per heavy atom. The zero-order valence-corrected chi connectivity index (χ0v) is 9.79. The third kappa shape index (κ3) is 2.25. The monoisotopic (exact) mass is 223 g/mol. The van der Waals surface area contributed by atoms with Crippen molar-refractivity contribution < 1.29 is 9.13 Å². The summed E-state index contributed by atoms with van der Waals surface area (Å²) >= 11 is 0. The van der Waals surface area contributed by atoms with Crippen LogP contribution in [0.3, 0.4) is 0 Å². The predicted octanol–water partition coefficient (Wildman–Crippen LogP) is 2.09. The van der Waals surface area contributed by atoms with Crippen LogP contribution in [0.15, 0.2) is 24.3 Å². The van der Waals surface area contributed by atoms with Crippen molar-refractivity contribution in [3.05, 3.63) is 35.6 Å². The van der Waals surface area contributed by atoms with Gasteiger partial charge in [0.15, 0.2) is 0 Å². The van der Waals surface area contributed by atoms with Gasteiger partial charge >= 0.3 is 0 Å². The molecule has 0 bridgehead atoms. The Morgan fingerprint density at radius 2 is 1.94 bits per heavy atom. The van der Waals surface area contributed by atoms with E-state index in [0.29, 0.717) is 6.04 Å². The van der Waals surface area contributed by atoms with Crippen molar-refractivity contribution in [3.63, 3.8) is 0 Å². The summed E-state index contributed by atoms with van der Waals surface area (Å²) in [5.41, 5.74) is 1.20. The SMILES string of the molecule is CC(C)NCC1(c2ccc(F)cc2)COC1. The molecule has 0 unspecified atom stereocenters. The summed E-state index contributed by atoms with van der Waals surface area (Å²) in [6, 6.07) is 7.22. The van der Waals surface area contributed by atoms with E-state index < -0.39 is 0 Å². The molecular weight excluding hydrogens is 205 g/mol. The first kappa shape index (κ1) is 11.6. The van der Waals surface area contributed by atoms with Crippen LogP contribution in [0.4, 0.5) is 4.39 Å². The Morgan fingerprint density at radius 1 is 1.31 bits per heavy atom. The smallest absolute Gasteiger partial charge is 0.123 e. The number of benzene rings is 1. The van der Waals surface area contributed by atoms with Crippen LogP contribution < -0.4 is 5.32 Å². The molecule has 2 rings (SSSR count). The number of hydrogen-bond donors (Lipinski definition) is 1. The van der Waals surface area contributed by atoms with Crippen LogP contribution >= 0.6 is 0 Å². The van der Waals surface area contributed by atoms with Gasteiger partial charge in [-0.2, -0.15) is 0 Å². The fourth-order valence-electron chi connectivity index (χ4n) is 1.92. The molecule has 1 aliphatic rings. The Labute approximate surface area is 95.8 Å². The average Bonchev–Trinajstić information content (AvgIpc) is 2.18. The van der Waals surface area contributed by atoms with E-state index in [9.17, 15) is 4.39 Å². The van der Waals surface area contributed by atoms with Crippen LogP contribution in [0.25, 0.3) is 0 Å².